The van der Waals surface area contributed by atoms with Crippen molar-refractivity contribution in [1.29, 1.82) is 0 Å². The fourth-order valence-electron chi connectivity index (χ4n) is 5.16. The van der Waals surface area contributed by atoms with Crippen LogP contribution in [-0.4, -0.2) is 65.1 Å². The summed E-state index contributed by atoms with van der Waals surface area (Å²) in [5.41, 5.74) is 5.95. The van der Waals surface area contributed by atoms with E-state index < -0.39 is 0 Å². The second-order valence-corrected chi connectivity index (χ2v) is 12.3. The van der Waals surface area contributed by atoms with Crippen molar-refractivity contribution in [1.82, 2.24) is 14.7 Å². The average molecular weight is 533 g/mol. The molecule has 2 amide bonds. The number of thioether (sulfide) groups is 1. The van der Waals surface area contributed by atoms with Crippen LogP contribution in [0.25, 0.3) is 5.69 Å². The number of hydrogen-bond donors (Lipinski definition) is 0. The molecule has 1 saturated heterocycles. The van der Waals surface area contributed by atoms with Crippen molar-refractivity contribution in [3.05, 3.63) is 76.5 Å². The van der Waals surface area contributed by atoms with Crippen LogP contribution >= 0.6 is 11.8 Å². The number of aromatic nitrogens is 2. The summed E-state index contributed by atoms with van der Waals surface area (Å²) >= 11 is 1.62. The first-order valence-electron chi connectivity index (χ1n) is 13.2. The van der Waals surface area contributed by atoms with Crippen LogP contribution < -0.4 is 4.90 Å². The van der Waals surface area contributed by atoms with E-state index in [9.17, 15) is 9.59 Å². The highest BCUT2D eigenvalue weighted by atomic mass is 32.2. The number of carbonyl (C=O) groups excluding carboxylic acids is 2. The molecule has 0 N–H and O–H groups in total. The molecule has 8 heteroatoms. The second-order valence-electron chi connectivity index (χ2n) is 11.2. The van der Waals surface area contributed by atoms with Crippen molar-refractivity contribution < 1.29 is 14.3 Å². The molecule has 1 atom stereocenters. The van der Waals surface area contributed by atoms with Crippen LogP contribution in [0.15, 0.2) is 48.5 Å². The third kappa shape index (κ3) is 5.24. The van der Waals surface area contributed by atoms with Gasteiger partial charge in [0.05, 0.1) is 35.6 Å². The second kappa shape index (κ2) is 10.6. The Kier molecular flexibility index (Phi) is 7.38. The summed E-state index contributed by atoms with van der Waals surface area (Å²) in [6.45, 7) is 12.7. The molecule has 0 bridgehead atoms. The maximum atomic E-state index is 13.8. The van der Waals surface area contributed by atoms with Gasteiger partial charge in [0, 0.05) is 24.1 Å². The molecule has 0 unspecified atom stereocenters. The van der Waals surface area contributed by atoms with Crippen molar-refractivity contribution in [2.45, 2.75) is 45.3 Å². The zero-order chi connectivity index (χ0) is 27.0. The van der Waals surface area contributed by atoms with Gasteiger partial charge in [-0.25, -0.2) is 4.68 Å². The average Bonchev–Trinajstić information content (AvgIpc) is 3.22. The Morgan fingerprint density at radius 1 is 1.05 bits per heavy atom. The normalized spacial score (nSPS) is 18.3. The molecule has 200 valence electrons. The number of aryl methyl sites for hydroxylation is 2. The van der Waals surface area contributed by atoms with Crippen LogP contribution in [0.4, 0.5) is 5.82 Å². The van der Waals surface area contributed by atoms with Gasteiger partial charge in [0.25, 0.3) is 0 Å². The molecule has 3 heterocycles. The molecule has 7 nitrogen and oxygen atoms in total. The summed E-state index contributed by atoms with van der Waals surface area (Å²) in [4.78, 5) is 30.8. The number of hydrogen-bond acceptors (Lipinski definition) is 5. The Bertz CT molecular complexity index is 1350. The molecule has 3 aromatic rings. The molecule has 1 aromatic heterocycles. The van der Waals surface area contributed by atoms with Gasteiger partial charge in [0.2, 0.25) is 11.8 Å². The Balaban J connectivity index is 1.73. The lowest BCUT2D eigenvalue weighted by Crippen LogP contribution is -2.48. The van der Waals surface area contributed by atoms with Crippen LogP contribution in [-0.2, 0) is 19.7 Å². The topological polar surface area (TPSA) is 67.7 Å². The first-order chi connectivity index (χ1) is 18.1. The summed E-state index contributed by atoms with van der Waals surface area (Å²) < 4.78 is 7.34. The third-order valence-corrected chi connectivity index (χ3v) is 8.30. The minimum atomic E-state index is -0.283. The minimum absolute atomic E-state index is 0.0198. The maximum absolute atomic E-state index is 13.8. The standard InChI is InChI=1S/C30H36N4O3S/c1-20-8-6-10-22(16-20)27-26-28(30(3,4)5)31-34(23-11-7-9-21(2)17-23)29(26)33(25(36)19-38-27)18-24(35)32-12-14-37-15-13-32/h6-11,16-17,27H,12-15,18-19H2,1-5H3/t27-/m0/s1. The number of rotatable bonds is 4. The van der Waals surface area contributed by atoms with Gasteiger partial charge >= 0.3 is 0 Å². The molecule has 5 rings (SSSR count). The van der Waals surface area contributed by atoms with Crippen molar-refractivity contribution >= 4 is 29.4 Å². The van der Waals surface area contributed by atoms with Crippen molar-refractivity contribution in [2.75, 3.05) is 43.5 Å². The van der Waals surface area contributed by atoms with Gasteiger partial charge in [-0.3, -0.25) is 14.5 Å². The minimum Gasteiger partial charge on any atom is -0.378 e. The SMILES string of the molecule is Cc1cccc([C@@H]2SCC(=O)N(CC(=O)N3CCOCC3)c3c2c(C(C)(C)C)nn3-c2cccc(C)c2)c1. The van der Waals surface area contributed by atoms with Gasteiger partial charge in [0.1, 0.15) is 12.4 Å². The monoisotopic (exact) mass is 532 g/mol. The van der Waals surface area contributed by atoms with Gasteiger partial charge < -0.3 is 9.64 Å². The number of ether oxygens (including phenoxy) is 1. The predicted octanol–water partition coefficient (Wildman–Crippen LogP) is 4.81. The lowest BCUT2D eigenvalue weighted by molar-refractivity contribution is -0.134. The summed E-state index contributed by atoms with van der Waals surface area (Å²) in [6.07, 6.45) is 0. The van der Waals surface area contributed by atoms with Gasteiger partial charge in [-0.2, -0.15) is 5.10 Å². The fraction of sp³-hybridized carbons (Fsp3) is 0.433. The first kappa shape index (κ1) is 26.5. The number of fused-ring (bicyclic) bond motifs is 1. The zero-order valence-corrected chi connectivity index (χ0v) is 23.7. The molecule has 0 saturated carbocycles. The van der Waals surface area contributed by atoms with E-state index in [4.69, 9.17) is 9.84 Å². The number of carbonyl (C=O) groups is 2. The molecule has 2 aliphatic heterocycles. The highest BCUT2D eigenvalue weighted by Gasteiger charge is 2.40. The molecule has 0 aliphatic carbocycles. The van der Waals surface area contributed by atoms with Crippen molar-refractivity contribution in [2.24, 2.45) is 0 Å². The van der Waals surface area contributed by atoms with E-state index in [2.05, 4.69) is 58.0 Å². The molecule has 2 aromatic carbocycles. The largest absolute Gasteiger partial charge is 0.378 e. The van der Waals surface area contributed by atoms with Gasteiger partial charge in [-0.1, -0.05) is 62.7 Å². The van der Waals surface area contributed by atoms with Crippen LogP contribution in [0.2, 0.25) is 0 Å². The van der Waals surface area contributed by atoms with Gasteiger partial charge in [0.15, 0.2) is 0 Å². The zero-order valence-electron chi connectivity index (χ0n) is 22.9. The van der Waals surface area contributed by atoms with Gasteiger partial charge in [-0.15, -0.1) is 11.8 Å². The molecule has 0 radical (unpaired) electrons. The Morgan fingerprint density at radius 3 is 2.39 bits per heavy atom. The lowest BCUT2D eigenvalue weighted by atomic mass is 9.87. The summed E-state index contributed by atoms with van der Waals surface area (Å²) in [5.74, 6) is 0.827. The molecular weight excluding hydrogens is 496 g/mol. The molecule has 1 fully saturated rings. The van der Waals surface area contributed by atoms with Gasteiger partial charge in [-0.05, 0) is 37.1 Å². The summed E-state index contributed by atoms with van der Waals surface area (Å²) in [7, 11) is 0. The van der Waals surface area contributed by atoms with Crippen molar-refractivity contribution in [3.8, 4) is 5.69 Å². The van der Waals surface area contributed by atoms with E-state index in [-0.39, 0.29) is 34.8 Å². The highest BCUT2D eigenvalue weighted by molar-refractivity contribution is 8.00. The number of nitrogens with zero attached hydrogens (tertiary/aromatic N) is 4. The highest BCUT2D eigenvalue weighted by Crippen LogP contribution is 2.48. The summed E-state index contributed by atoms with van der Waals surface area (Å²) in [5, 5.41) is 5.09. The number of morpholine rings is 1. The van der Waals surface area contributed by atoms with Crippen LogP contribution in [0, 0.1) is 13.8 Å². The quantitative estimate of drug-likeness (QED) is 0.482. The Labute approximate surface area is 229 Å². The van der Waals surface area contributed by atoms with E-state index in [1.54, 1.807) is 21.6 Å². The molecule has 0 spiro atoms. The summed E-state index contributed by atoms with van der Waals surface area (Å²) in [6, 6.07) is 16.6. The molecular formula is C30H36N4O3S. The van der Waals surface area contributed by atoms with E-state index in [0.29, 0.717) is 32.1 Å². The lowest BCUT2D eigenvalue weighted by Gasteiger charge is -2.30. The number of amides is 2. The Hall–Kier alpha value is -3.10. The number of anilines is 1. The van der Waals surface area contributed by atoms with Crippen LogP contribution in [0.3, 0.4) is 0 Å². The molecule has 38 heavy (non-hydrogen) atoms. The fourth-order valence-corrected chi connectivity index (χ4v) is 6.35. The molecule has 2 aliphatic rings. The van der Waals surface area contributed by atoms with E-state index in [1.165, 1.54) is 5.56 Å². The van der Waals surface area contributed by atoms with Crippen LogP contribution in [0.5, 0.6) is 0 Å². The van der Waals surface area contributed by atoms with E-state index >= 15 is 0 Å². The number of benzene rings is 2. The van der Waals surface area contributed by atoms with Crippen LogP contribution in [0.1, 0.15) is 54.0 Å². The third-order valence-electron chi connectivity index (χ3n) is 7.05. The van der Waals surface area contributed by atoms with Crippen molar-refractivity contribution in [3.63, 3.8) is 0 Å². The van der Waals surface area contributed by atoms with E-state index in [0.717, 1.165) is 28.1 Å². The van der Waals surface area contributed by atoms with E-state index in [1.807, 2.05) is 29.8 Å². The predicted molar refractivity (Wildman–Crippen MR) is 152 cm³/mol. The maximum Gasteiger partial charge on any atom is 0.242 e. The Morgan fingerprint density at radius 2 is 1.74 bits per heavy atom. The smallest absolute Gasteiger partial charge is 0.242 e. The first-order valence-corrected chi connectivity index (χ1v) is 14.2.